The summed E-state index contributed by atoms with van der Waals surface area (Å²) in [7, 11) is -20.2. The fourth-order valence-electron chi connectivity index (χ4n) is 6.15. The van der Waals surface area contributed by atoms with E-state index in [2.05, 4.69) is 0 Å². The van der Waals surface area contributed by atoms with Gasteiger partial charge in [0.15, 0.2) is 23.0 Å². The summed E-state index contributed by atoms with van der Waals surface area (Å²) in [4.78, 5) is 4.79. The lowest BCUT2D eigenvalue weighted by Crippen LogP contribution is -2.52. The zero-order valence-electron chi connectivity index (χ0n) is 34.8. The van der Waals surface area contributed by atoms with Crippen molar-refractivity contribution in [3.05, 3.63) is 177 Å². The van der Waals surface area contributed by atoms with Crippen molar-refractivity contribution >= 4 is 24.1 Å². The zero-order chi connectivity index (χ0) is 54.7. The number of halogens is 22. The summed E-state index contributed by atoms with van der Waals surface area (Å²) in [5.74, 6) is -43.7. The molecular formula is C40H19F22N3O6P3+3. The lowest BCUT2D eigenvalue weighted by atomic mass is 10.2. The van der Waals surface area contributed by atoms with E-state index in [1.807, 2.05) is 0 Å². The fraction of sp³-hybridized carbons (Fsp3) is 0.100. The van der Waals surface area contributed by atoms with Gasteiger partial charge in [-0.15, -0.1) is 0 Å². The molecule has 34 heteroatoms. The largest absolute Gasteiger partial charge is 0.600 e. The first-order valence-corrected chi connectivity index (χ1v) is 24.0. The Morgan fingerprint density at radius 3 is 0.635 bits per heavy atom. The van der Waals surface area contributed by atoms with Crippen molar-refractivity contribution in [3.8, 4) is 34.5 Å². The molecule has 7 rings (SSSR count). The standard InChI is InChI=1S/C40H19F22N3O6P3/c41-25-27(43)31(47)35(32(48)28(25)44)70-73(68-23-15-7-3-11-19(23)39(57,58)59)63-72(66-21-13-5-1-9-17(21)37(51,52)53,67-22-14-6-2-10-18(22)38(54,55)56)64-74(65-73,69-24-16-8-4-12-20(24)40(60,61)62)71-36-33(49)29(45)26(42)30(46)34(36)50/h1-16,63-65H/q+3. The smallest absolute Gasteiger partial charge is 0.267 e. The molecule has 0 saturated carbocycles. The first kappa shape index (κ1) is 55.5. The van der Waals surface area contributed by atoms with Gasteiger partial charge in [0, 0.05) is 0 Å². The summed E-state index contributed by atoms with van der Waals surface area (Å²) in [5.41, 5.74) is -8.36. The van der Waals surface area contributed by atoms with E-state index in [4.69, 9.17) is 27.1 Å². The molecule has 2 unspecified atom stereocenters. The highest BCUT2D eigenvalue weighted by Crippen LogP contribution is 2.81. The summed E-state index contributed by atoms with van der Waals surface area (Å²) in [6, 6.07) is 6.16. The van der Waals surface area contributed by atoms with Gasteiger partial charge >= 0.3 is 48.8 Å². The van der Waals surface area contributed by atoms with Crippen LogP contribution >= 0.6 is 24.1 Å². The van der Waals surface area contributed by atoms with E-state index in [9.17, 15) is 61.5 Å². The maximum absolute atomic E-state index is 15.9. The van der Waals surface area contributed by atoms with Crippen LogP contribution in [0.2, 0.25) is 0 Å². The van der Waals surface area contributed by atoms with E-state index in [-0.39, 0.29) is 48.5 Å². The third-order valence-electron chi connectivity index (χ3n) is 9.25. The molecule has 2 atom stereocenters. The number of nitrogens with one attached hydrogen (secondary N) is 3. The summed E-state index contributed by atoms with van der Waals surface area (Å²) < 4.78 is 361. The van der Waals surface area contributed by atoms with E-state index in [1.165, 1.54) is 4.86 Å². The number of hydrogen-bond acceptors (Lipinski definition) is 9. The Bertz CT molecular complexity index is 2870. The minimum atomic E-state index is -6.81. The highest BCUT2D eigenvalue weighted by atomic mass is 31.3. The Kier molecular flexibility index (Phi) is 14.8. The van der Waals surface area contributed by atoms with Crippen LogP contribution in [0.3, 0.4) is 0 Å². The minimum absolute atomic E-state index is 0.0881. The predicted octanol–water partition coefficient (Wildman–Crippen LogP) is 15.7. The quantitative estimate of drug-likeness (QED) is 0.0480. The summed E-state index contributed by atoms with van der Waals surface area (Å²) in [6.45, 7) is 0. The average Bonchev–Trinajstić information content (AvgIpc) is 3.31. The van der Waals surface area contributed by atoms with Gasteiger partial charge in [-0.1, -0.05) is 48.5 Å². The molecule has 1 heterocycles. The van der Waals surface area contributed by atoms with Crippen LogP contribution in [0.1, 0.15) is 22.3 Å². The van der Waals surface area contributed by atoms with Crippen molar-refractivity contribution in [3.63, 3.8) is 0 Å². The first-order valence-electron chi connectivity index (χ1n) is 19.1. The molecule has 0 aromatic heterocycles. The number of hydrogen-bond donors (Lipinski definition) is 3. The maximum Gasteiger partial charge on any atom is 0.600 e. The second-order valence-corrected chi connectivity index (χ2v) is 21.1. The van der Waals surface area contributed by atoms with Crippen LogP contribution in [-0.4, -0.2) is 0 Å². The average molecular weight is 1150 g/mol. The van der Waals surface area contributed by atoms with Gasteiger partial charge in [-0.25, -0.2) is 26.3 Å². The van der Waals surface area contributed by atoms with Gasteiger partial charge in [0.1, 0.15) is 36.8 Å². The highest BCUT2D eigenvalue weighted by molar-refractivity contribution is 7.93. The number of benzene rings is 6. The van der Waals surface area contributed by atoms with Gasteiger partial charge in [0.05, 0.1) is 0 Å². The van der Waals surface area contributed by atoms with Crippen molar-refractivity contribution in [1.82, 2.24) is 14.6 Å². The van der Waals surface area contributed by atoms with E-state index in [0.29, 0.717) is 48.5 Å². The molecule has 1 aliphatic heterocycles. The molecule has 74 heavy (non-hydrogen) atoms. The molecule has 396 valence electrons. The molecule has 1 aliphatic rings. The third kappa shape index (κ3) is 11.1. The monoisotopic (exact) mass is 1150 g/mol. The first-order chi connectivity index (χ1) is 34.2. The van der Waals surface area contributed by atoms with Crippen LogP contribution in [0, 0.1) is 58.2 Å². The molecule has 0 bridgehead atoms. The SMILES string of the molecule is Fc1c(F)c(F)c(O[P+]2(Oc3ccccc3C(F)(F)F)N[P+](Oc3ccccc3C(F)(F)F)(Oc3ccccc3C(F)(F)F)N[P+](Oc3ccccc3C(F)(F)F)(Oc3c(F)c(F)c(F)c(F)c3F)N2)c(F)c1F. The summed E-state index contributed by atoms with van der Waals surface area (Å²) in [6.07, 6.45) is -22.9. The lowest BCUT2D eigenvalue weighted by Gasteiger charge is -2.35. The summed E-state index contributed by atoms with van der Waals surface area (Å²) in [5, 5.41) is 0. The Morgan fingerprint density at radius 2 is 0.432 bits per heavy atom. The minimum Gasteiger partial charge on any atom is -0.267 e. The van der Waals surface area contributed by atoms with Crippen molar-refractivity contribution in [1.29, 1.82) is 0 Å². The third-order valence-corrected chi connectivity index (χ3v) is 18.3. The van der Waals surface area contributed by atoms with Crippen LogP contribution in [0.25, 0.3) is 0 Å². The molecule has 0 aliphatic carbocycles. The van der Waals surface area contributed by atoms with E-state index in [1.54, 1.807) is 9.72 Å². The molecular weight excluding hydrogens is 1130 g/mol. The van der Waals surface area contributed by atoms with Gasteiger partial charge < -0.3 is 0 Å². The van der Waals surface area contributed by atoms with E-state index < -0.39 is 164 Å². The maximum atomic E-state index is 15.9. The van der Waals surface area contributed by atoms with Crippen molar-refractivity contribution in [2.45, 2.75) is 24.7 Å². The predicted molar refractivity (Wildman–Crippen MR) is 212 cm³/mol. The molecule has 3 N–H and O–H groups in total. The number of para-hydroxylation sites is 4. The number of alkyl halides is 12. The Hall–Kier alpha value is -6.25. The highest BCUT2D eigenvalue weighted by Gasteiger charge is 2.86. The normalized spacial score (nSPS) is 18.2. The summed E-state index contributed by atoms with van der Waals surface area (Å²) >= 11 is 0. The fourth-order valence-corrected chi connectivity index (χ4v) is 16.7. The van der Waals surface area contributed by atoms with Gasteiger partial charge in [0.25, 0.3) is 11.5 Å². The molecule has 0 radical (unpaired) electrons. The van der Waals surface area contributed by atoms with E-state index in [0.717, 1.165) is 0 Å². The van der Waals surface area contributed by atoms with Crippen LogP contribution in [0.4, 0.5) is 96.6 Å². The lowest BCUT2D eigenvalue weighted by molar-refractivity contribution is -0.139. The molecule has 1 fully saturated rings. The van der Waals surface area contributed by atoms with Gasteiger partial charge in [0.2, 0.25) is 58.2 Å². The van der Waals surface area contributed by atoms with Gasteiger partial charge in [-0.05, 0) is 48.5 Å². The van der Waals surface area contributed by atoms with E-state index >= 15 is 35.1 Å². The Balaban J connectivity index is 1.70. The molecule has 0 amide bonds. The molecule has 6 aromatic rings. The Labute approximate surface area is 398 Å². The van der Waals surface area contributed by atoms with Gasteiger partial charge in [-0.2, -0.15) is 70.2 Å². The zero-order valence-corrected chi connectivity index (χ0v) is 37.5. The molecule has 1 saturated heterocycles. The van der Waals surface area contributed by atoms with Crippen molar-refractivity contribution in [2.24, 2.45) is 0 Å². The second-order valence-electron chi connectivity index (χ2n) is 14.3. The van der Waals surface area contributed by atoms with Crippen LogP contribution in [0.15, 0.2) is 97.1 Å². The molecule has 6 aromatic carbocycles. The topological polar surface area (TPSA) is 91.5 Å². The van der Waals surface area contributed by atoms with Crippen molar-refractivity contribution < 1.29 is 124 Å². The van der Waals surface area contributed by atoms with Crippen LogP contribution in [0.5, 0.6) is 34.5 Å². The number of rotatable bonds is 12. The van der Waals surface area contributed by atoms with Crippen molar-refractivity contribution in [2.75, 3.05) is 0 Å². The second kappa shape index (κ2) is 19.8. The Morgan fingerprint density at radius 1 is 0.257 bits per heavy atom. The molecule has 9 nitrogen and oxygen atoms in total. The van der Waals surface area contributed by atoms with Gasteiger partial charge in [-0.3, -0.25) is 27.1 Å². The van der Waals surface area contributed by atoms with Crippen LogP contribution in [-0.2, 0) is 24.7 Å². The molecule has 0 spiro atoms. The van der Waals surface area contributed by atoms with Crippen LogP contribution < -0.4 is 41.7 Å².